The Morgan fingerprint density at radius 3 is 2.68 bits per heavy atom. The summed E-state index contributed by atoms with van der Waals surface area (Å²) in [5.41, 5.74) is 1.21. The number of nitro benzene ring substituents is 1. The van der Waals surface area contributed by atoms with Crippen LogP contribution in [0.15, 0.2) is 39.7 Å². The van der Waals surface area contributed by atoms with Crippen LogP contribution in [0.5, 0.6) is 0 Å². The quantitative estimate of drug-likeness (QED) is 0.319. The molecular weight excluding hydrogens is 400 g/mol. The molecule has 4 rings (SSSR count). The fourth-order valence-corrected chi connectivity index (χ4v) is 4.36. The molecular formula is C19H16N2O5S2. The third kappa shape index (κ3) is 3.87. The van der Waals surface area contributed by atoms with E-state index < -0.39 is 0 Å². The van der Waals surface area contributed by atoms with Crippen LogP contribution in [0.25, 0.3) is 17.4 Å². The van der Waals surface area contributed by atoms with Crippen LogP contribution >= 0.6 is 24.0 Å². The van der Waals surface area contributed by atoms with Gasteiger partial charge in [-0.3, -0.25) is 14.9 Å². The van der Waals surface area contributed by atoms with E-state index in [0.29, 0.717) is 58.2 Å². The maximum Gasteiger partial charge on any atom is 0.293 e. The smallest absolute Gasteiger partial charge is 0.293 e. The van der Waals surface area contributed by atoms with Crippen LogP contribution in [0.1, 0.15) is 12.2 Å². The molecule has 0 atom stereocenters. The van der Waals surface area contributed by atoms with Gasteiger partial charge in [-0.05, 0) is 30.3 Å². The predicted molar refractivity (Wildman–Crippen MR) is 112 cm³/mol. The van der Waals surface area contributed by atoms with Gasteiger partial charge in [0.2, 0.25) is 0 Å². The third-order valence-electron chi connectivity index (χ3n) is 4.51. The monoisotopic (exact) mass is 416 g/mol. The minimum Gasteiger partial charge on any atom is -0.457 e. The number of morpholine rings is 1. The zero-order valence-electron chi connectivity index (χ0n) is 14.8. The van der Waals surface area contributed by atoms with Gasteiger partial charge in [0.15, 0.2) is 5.78 Å². The average Bonchev–Trinajstić information content (AvgIpc) is 3.28. The number of nitro groups is 1. The highest BCUT2D eigenvalue weighted by molar-refractivity contribution is 8.27. The largest absolute Gasteiger partial charge is 0.457 e. The fourth-order valence-electron chi connectivity index (χ4n) is 3.15. The number of ketones is 1. The van der Waals surface area contributed by atoms with Crippen LogP contribution in [0.4, 0.5) is 11.4 Å². The fraction of sp³-hybridized carbons (Fsp3) is 0.263. The van der Waals surface area contributed by atoms with E-state index in [4.69, 9.17) is 21.4 Å². The Morgan fingerprint density at radius 2 is 2.00 bits per heavy atom. The van der Waals surface area contributed by atoms with Gasteiger partial charge in [0.05, 0.1) is 33.7 Å². The molecule has 7 nitrogen and oxygen atoms in total. The minimum atomic E-state index is -0.380. The van der Waals surface area contributed by atoms with Crippen LogP contribution in [-0.4, -0.2) is 41.2 Å². The zero-order chi connectivity index (χ0) is 19.7. The molecule has 1 aromatic heterocycles. The SMILES string of the molecule is O=C1CC(=S)S/C1=C/c1ccc(-c2ccc(N3CCOCC3)c([N+](=O)[O-])c2)o1. The normalized spacial score (nSPS) is 18.9. The van der Waals surface area contributed by atoms with E-state index in [1.807, 2.05) is 4.90 Å². The second-order valence-corrected chi connectivity index (χ2v) is 8.23. The zero-order valence-corrected chi connectivity index (χ0v) is 16.4. The maximum absolute atomic E-state index is 11.9. The van der Waals surface area contributed by atoms with Crippen molar-refractivity contribution < 1.29 is 18.9 Å². The van der Waals surface area contributed by atoms with Crippen molar-refractivity contribution in [2.75, 3.05) is 31.2 Å². The number of Topliss-reactive ketones (excluding diaryl/α,β-unsaturated/α-hetero) is 1. The number of ether oxygens (including phenoxy) is 1. The van der Waals surface area contributed by atoms with Crippen molar-refractivity contribution in [2.45, 2.75) is 6.42 Å². The van der Waals surface area contributed by atoms with Crippen LogP contribution in [0, 0.1) is 10.1 Å². The topological polar surface area (TPSA) is 85.8 Å². The summed E-state index contributed by atoms with van der Waals surface area (Å²) in [6, 6.07) is 8.54. The molecule has 0 aliphatic carbocycles. The number of furan rings is 1. The van der Waals surface area contributed by atoms with Crippen molar-refractivity contribution in [3.05, 3.63) is 51.1 Å². The predicted octanol–water partition coefficient (Wildman–Crippen LogP) is 4.07. The lowest BCUT2D eigenvalue weighted by Crippen LogP contribution is -2.36. The summed E-state index contributed by atoms with van der Waals surface area (Å²) in [5, 5.41) is 11.6. The van der Waals surface area contributed by atoms with E-state index in [1.165, 1.54) is 17.8 Å². The van der Waals surface area contributed by atoms with E-state index in [9.17, 15) is 14.9 Å². The van der Waals surface area contributed by atoms with Crippen molar-refractivity contribution in [3.63, 3.8) is 0 Å². The highest BCUT2D eigenvalue weighted by Gasteiger charge is 2.24. The standard InChI is InChI=1S/C19H16N2O5S2/c22-16-11-19(27)28-18(16)10-13-2-4-17(26-13)12-1-3-14(15(9-12)21(23)24)20-5-7-25-8-6-20/h1-4,9-10H,5-8,11H2/b18-10+. The molecule has 0 amide bonds. The first kappa shape index (κ1) is 18.9. The second kappa shape index (κ2) is 7.86. The van der Waals surface area contributed by atoms with Gasteiger partial charge >= 0.3 is 0 Å². The van der Waals surface area contributed by atoms with E-state index in [1.54, 1.807) is 30.3 Å². The molecule has 2 aromatic rings. The molecule has 2 saturated heterocycles. The first-order valence-electron chi connectivity index (χ1n) is 8.68. The lowest BCUT2D eigenvalue weighted by molar-refractivity contribution is -0.384. The van der Waals surface area contributed by atoms with Crippen molar-refractivity contribution >= 4 is 51.4 Å². The van der Waals surface area contributed by atoms with Crippen LogP contribution < -0.4 is 4.90 Å². The van der Waals surface area contributed by atoms with Gasteiger partial charge in [0.1, 0.15) is 17.2 Å². The molecule has 0 N–H and O–H groups in total. The lowest BCUT2D eigenvalue weighted by atomic mass is 10.1. The summed E-state index contributed by atoms with van der Waals surface area (Å²) in [4.78, 5) is 25.6. The third-order valence-corrected chi connectivity index (χ3v) is 5.84. The first-order chi connectivity index (χ1) is 13.5. The number of allylic oxidation sites excluding steroid dienone is 1. The molecule has 0 saturated carbocycles. The number of benzene rings is 1. The van der Waals surface area contributed by atoms with Gasteiger partial charge in [0, 0.05) is 24.7 Å². The number of rotatable bonds is 4. The Bertz CT molecular complexity index is 992. The number of thiocarbonyl (C=S) groups is 1. The van der Waals surface area contributed by atoms with Crippen molar-refractivity contribution in [1.29, 1.82) is 0 Å². The van der Waals surface area contributed by atoms with Gasteiger partial charge in [-0.1, -0.05) is 24.0 Å². The molecule has 1 aromatic carbocycles. The van der Waals surface area contributed by atoms with Crippen molar-refractivity contribution in [2.24, 2.45) is 0 Å². The summed E-state index contributed by atoms with van der Waals surface area (Å²) in [7, 11) is 0. The van der Waals surface area contributed by atoms with Crippen LogP contribution in [0.2, 0.25) is 0 Å². The Hall–Kier alpha value is -2.49. The van der Waals surface area contributed by atoms with Crippen LogP contribution in [-0.2, 0) is 9.53 Å². The molecule has 0 spiro atoms. The van der Waals surface area contributed by atoms with Gasteiger partial charge in [-0.25, -0.2) is 0 Å². The first-order valence-corrected chi connectivity index (χ1v) is 9.90. The van der Waals surface area contributed by atoms with E-state index >= 15 is 0 Å². The highest BCUT2D eigenvalue weighted by atomic mass is 32.2. The number of hydrogen-bond donors (Lipinski definition) is 0. The molecule has 0 bridgehead atoms. The molecule has 3 heterocycles. The molecule has 144 valence electrons. The summed E-state index contributed by atoms with van der Waals surface area (Å²) < 4.78 is 11.8. The molecule has 2 aliphatic rings. The number of hydrogen-bond acceptors (Lipinski definition) is 8. The molecule has 0 unspecified atom stereocenters. The molecule has 9 heteroatoms. The van der Waals surface area contributed by atoms with Gasteiger partial charge < -0.3 is 14.1 Å². The number of carbonyl (C=O) groups excluding carboxylic acids is 1. The average molecular weight is 416 g/mol. The molecule has 0 radical (unpaired) electrons. The van der Waals surface area contributed by atoms with Crippen LogP contribution in [0.3, 0.4) is 0 Å². The molecule has 28 heavy (non-hydrogen) atoms. The maximum atomic E-state index is 11.9. The number of anilines is 1. The summed E-state index contributed by atoms with van der Waals surface area (Å²) in [6.45, 7) is 2.34. The van der Waals surface area contributed by atoms with Gasteiger partial charge in [0.25, 0.3) is 5.69 Å². The molecule has 2 aliphatic heterocycles. The minimum absolute atomic E-state index is 0.0153. The molecule has 2 fully saturated rings. The number of nitrogens with zero attached hydrogens (tertiary/aromatic N) is 2. The summed E-state index contributed by atoms with van der Waals surface area (Å²) >= 11 is 6.35. The van der Waals surface area contributed by atoms with Crippen molar-refractivity contribution in [1.82, 2.24) is 0 Å². The lowest BCUT2D eigenvalue weighted by Gasteiger charge is -2.28. The van der Waals surface area contributed by atoms with Crippen molar-refractivity contribution in [3.8, 4) is 11.3 Å². The Kier molecular flexibility index (Phi) is 5.29. The second-order valence-electron chi connectivity index (χ2n) is 6.34. The van der Waals surface area contributed by atoms with Gasteiger partial charge in [-0.15, -0.1) is 0 Å². The van der Waals surface area contributed by atoms with E-state index in [0.717, 1.165) is 0 Å². The highest BCUT2D eigenvalue weighted by Crippen LogP contribution is 2.36. The summed E-state index contributed by atoms with van der Waals surface area (Å²) in [6.07, 6.45) is 1.93. The van der Waals surface area contributed by atoms with E-state index in [-0.39, 0.29) is 22.8 Å². The van der Waals surface area contributed by atoms with E-state index in [2.05, 4.69) is 0 Å². The number of thioether (sulfide) groups is 1. The number of carbonyl (C=O) groups is 1. The van der Waals surface area contributed by atoms with Gasteiger partial charge in [-0.2, -0.15) is 0 Å². The Morgan fingerprint density at radius 1 is 1.21 bits per heavy atom. The Labute approximate surface area is 170 Å². The Balaban J connectivity index is 1.63. The summed E-state index contributed by atoms with van der Waals surface area (Å²) in [5.74, 6) is 0.996.